The molecule has 0 spiro atoms. The Morgan fingerprint density at radius 2 is 2.20 bits per heavy atom. The van der Waals surface area contributed by atoms with Gasteiger partial charge in [0.05, 0.1) is 0 Å². The first-order chi connectivity index (χ1) is 7.04. The van der Waals surface area contributed by atoms with Crippen LogP contribution >= 0.6 is 0 Å². The van der Waals surface area contributed by atoms with Crippen LogP contribution < -0.4 is 5.32 Å². The Bertz CT molecular complexity index is 220. The maximum Gasteiger partial charge on any atom is 0.412 e. The van der Waals surface area contributed by atoms with E-state index in [1.165, 1.54) is 6.08 Å². The van der Waals surface area contributed by atoms with Gasteiger partial charge in [-0.25, -0.2) is 0 Å². The largest absolute Gasteiger partial charge is 0.412 e. The number of rotatable bonds is 4. The molecule has 1 rings (SSSR count). The van der Waals surface area contributed by atoms with Gasteiger partial charge in [0.1, 0.15) is 0 Å². The van der Waals surface area contributed by atoms with E-state index >= 15 is 0 Å². The molecule has 1 aliphatic rings. The van der Waals surface area contributed by atoms with Gasteiger partial charge >= 0.3 is 6.18 Å². The number of nitrogens with one attached hydrogen (secondary N) is 1. The van der Waals surface area contributed by atoms with Gasteiger partial charge in [0.15, 0.2) is 0 Å². The number of unbranched alkanes of at least 4 members (excludes halogenated alkanes) is 1. The molecule has 0 aromatic rings. The van der Waals surface area contributed by atoms with E-state index in [1.54, 1.807) is 0 Å². The number of hydrogen-bond donors (Lipinski definition) is 1. The van der Waals surface area contributed by atoms with E-state index in [1.807, 2.05) is 0 Å². The second-order valence-electron chi connectivity index (χ2n) is 4.01. The molecule has 0 radical (unpaired) electrons. The van der Waals surface area contributed by atoms with Crippen LogP contribution in [0.15, 0.2) is 11.6 Å². The number of allylic oxidation sites excluding steroid dienone is 1. The lowest BCUT2D eigenvalue weighted by molar-refractivity contribution is -0.0953. The lowest BCUT2D eigenvalue weighted by Gasteiger charge is -2.24. The van der Waals surface area contributed by atoms with Gasteiger partial charge in [-0.05, 0) is 32.2 Å². The molecule has 0 heterocycles. The van der Waals surface area contributed by atoms with Gasteiger partial charge < -0.3 is 5.32 Å². The first kappa shape index (κ1) is 12.6. The van der Waals surface area contributed by atoms with Crippen LogP contribution in [0.1, 0.15) is 39.0 Å². The van der Waals surface area contributed by atoms with Crippen LogP contribution in [-0.2, 0) is 0 Å². The molecule has 0 amide bonds. The van der Waals surface area contributed by atoms with Crippen LogP contribution in [0.2, 0.25) is 0 Å². The van der Waals surface area contributed by atoms with Gasteiger partial charge in [-0.2, -0.15) is 13.2 Å². The fourth-order valence-corrected chi connectivity index (χ4v) is 1.76. The Morgan fingerprint density at radius 1 is 1.47 bits per heavy atom. The van der Waals surface area contributed by atoms with Crippen LogP contribution in [0, 0.1) is 0 Å². The lowest BCUT2D eigenvalue weighted by Crippen LogP contribution is -2.32. The standard InChI is InChI=1S/C11H18F3N/c1-2-3-8-15-10-6-4-9(5-7-10)11(12,13)14/h4,10,15H,2-3,5-8H2,1H3. The molecule has 0 aliphatic heterocycles. The van der Waals surface area contributed by atoms with Crippen molar-refractivity contribution < 1.29 is 13.2 Å². The van der Waals surface area contributed by atoms with Crippen molar-refractivity contribution in [2.45, 2.75) is 51.2 Å². The molecule has 1 aliphatic carbocycles. The minimum absolute atomic E-state index is 0.160. The highest BCUT2D eigenvalue weighted by Gasteiger charge is 2.34. The summed E-state index contributed by atoms with van der Waals surface area (Å²) in [6.45, 7) is 3.01. The fraction of sp³-hybridized carbons (Fsp3) is 0.818. The summed E-state index contributed by atoms with van der Waals surface area (Å²) in [6, 6.07) is 0.239. The molecule has 0 saturated carbocycles. The average Bonchev–Trinajstić information content (AvgIpc) is 2.18. The maximum absolute atomic E-state index is 12.3. The smallest absolute Gasteiger partial charge is 0.314 e. The van der Waals surface area contributed by atoms with Crippen molar-refractivity contribution in [3.63, 3.8) is 0 Å². The summed E-state index contributed by atoms with van der Waals surface area (Å²) in [6.07, 6.45) is 0.706. The molecule has 1 unspecified atom stereocenters. The van der Waals surface area contributed by atoms with Crippen molar-refractivity contribution >= 4 is 0 Å². The third-order valence-electron chi connectivity index (χ3n) is 2.74. The monoisotopic (exact) mass is 221 g/mol. The summed E-state index contributed by atoms with van der Waals surface area (Å²) in [5.74, 6) is 0. The molecular weight excluding hydrogens is 203 g/mol. The van der Waals surface area contributed by atoms with Gasteiger partial charge in [-0.3, -0.25) is 0 Å². The zero-order valence-electron chi connectivity index (χ0n) is 9.03. The van der Waals surface area contributed by atoms with Crippen molar-refractivity contribution in [1.82, 2.24) is 5.32 Å². The van der Waals surface area contributed by atoms with E-state index in [0.29, 0.717) is 12.8 Å². The van der Waals surface area contributed by atoms with Gasteiger partial charge in [-0.15, -0.1) is 0 Å². The summed E-state index contributed by atoms with van der Waals surface area (Å²) >= 11 is 0. The van der Waals surface area contributed by atoms with Crippen LogP contribution in [0.5, 0.6) is 0 Å². The highest BCUT2D eigenvalue weighted by molar-refractivity contribution is 5.13. The summed E-state index contributed by atoms with van der Waals surface area (Å²) in [5, 5.41) is 3.28. The molecule has 15 heavy (non-hydrogen) atoms. The van der Waals surface area contributed by atoms with Crippen molar-refractivity contribution in [3.05, 3.63) is 11.6 Å². The van der Waals surface area contributed by atoms with E-state index in [0.717, 1.165) is 19.4 Å². The number of halogens is 3. The maximum atomic E-state index is 12.3. The van der Waals surface area contributed by atoms with Crippen LogP contribution in [0.4, 0.5) is 13.2 Å². The Kier molecular flexibility index (Phi) is 4.64. The second-order valence-corrected chi connectivity index (χ2v) is 4.01. The van der Waals surface area contributed by atoms with E-state index in [2.05, 4.69) is 12.2 Å². The van der Waals surface area contributed by atoms with E-state index < -0.39 is 6.18 Å². The number of alkyl halides is 3. The molecule has 1 N–H and O–H groups in total. The fourth-order valence-electron chi connectivity index (χ4n) is 1.76. The third kappa shape index (κ3) is 4.24. The van der Waals surface area contributed by atoms with E-state index in [9.17, 15) is 13.2 Å². The highest BCUT2D eigenvalue weighted by Crippen LogP contribution is 2.32. The van der Waals surface area contributed by atoms with Crippen LogP contribution in [0.25, 0.3) is 0 Å². The first-order valence-corrected chi connectivity index (χ1v) is 5.53. The molecule has 88 valence electrons. The molecule has 0 aromatic carbocycles. The lowest BCUT2D eigenvalue weighted by atomic mass is 9.95. The zero-order valence-corrected chi connectivity index (χ0v) is 9.03. The first-order valence-electron chi connectivity index (χ1n) is 5.53. The van der Waals surface area contributed by atoms with E-state index in [-0.39, 0.29) is 18.0 Å². The SMILES string of the molecule is CCCCNC1CC=C(C(F)(F)F)CC1. The van der Waals surface area contributed by atoms with Gasteiger partial charge in [0.25, 0.3) is 0 Å². The molecule has 0 fully saturated rings. The van der Waals surface area contributed by atoms with Gasteiger partial charge in [0.2, 0.25) is 0 Å². The zero-order chi connectivity index (χ0) is 11.3. The summed E-state index contributed by atoms with van der Waals surface area (Å²) in [5.41, 5.74) is -0.351. The second kappa shape index (κ2) is 5.54. The highest BCUT2D eigenvalue weighted by atomic mass is 19.4. The van der Waals surface area contributed by atoms with Crippen molar-refractivity contribution in [2.75, 3.05) is 6.54 Å². The van der Waals surface area contributed by atoms with E-state index in [4.69, 9.17) is 0 Å². The topological polar surface area (TPSA) is 12.0 Å². The van der Waals surface area contributed by atoms with Gasteiger partial charge in [0, 0.05) is 11.6 Å². The molecule has 1 atom stereocenters. The predicted molar refractivity (Wildman–Crippen MR) is 54.7 cm³/mol. The molecule has 0 aromatic heterocycles. The summed E-state index contributed by atoms with van der Waals surface area (Å²) < 4.78 is 36.9. The molecule has 0 saturated heterocycles. The van der Waals surface area contributed by atoms with Crippen LogP contribution in [0.3, 0.4) is 0 Å². The molecule has 4 heteroatoms. The minimum atomic E-state index is -4.12. The minimum Gasteiger partial charge on any atom is -0.314 e. The van der Waals surface area contributed by atoms with Gasteiger partial charge in [-0.1, -0.05) is 19.4 Å². The summed E-state index contributed by atoms with van der Waals surface area (Å²) in [4.78, 5) is 0. The molecule has 1 nitrogen and oxygen atoms in total. The van der Waals surface area contributed by atoms with Crippen molar-refractivity contribution in [3.8, 4) is 0 Å². The molecule has 0 bridgehead atoms. The normalized spacial score (nSPS) is 22.7. The van der Waals surface area contributed by atoms with Crippen molar-refractivity contribution in [2.24, 2.45) is 0 Å². The Balaban J connectivity index is 2.31. The molecular formula is C11H18F3N. The Labute approximate surface area is 88.7 Å². The quantitative estimate of drug-likeness (QED) is 0.566. The Hall–Kier alpha value is -0.510. The number of hydrogen-bond acceptors (Lipinski definition) is 1. The predicted octanol–water partition coefficient (Wildman–Crippen LogP) is 3.42. The third-order valence-corrected chi connectivity index (χ3v) is 2.74. The average molecular weight is 221 g/mol. The van der Waals surface area contributed by atoms with Crippen molar-refractivity contribution in [1.29, 1.82) is 0 Å². The van der Waals surface area contributed by atoms with Crippen LogP contribution in [-0.4, -0.2) is 18.8 Å². The summed E-state index contributed by atoms with van der Waals surface area (Å²) in [7, 11) is 0. The Morgan fingerprint density at radius 3 is 2.67 bits per heavy atom.